The van der Waals surface area contributed by atoms with E-state index in [1.807, 2.05) is 6.07 Å². The molecule has 0 spiro atoms. The Morgan fingerprint density at radius 1 is 1.35 bits per heavy atom. The van der Waals surface area contributed by atoms with Crippen LogP contribution in [-0.2, 0) is 11.2 Å². The number of hydrogen-bond donors (Lipinski definition) is 2. The summed E-state index contributed by atoms with van der Waals surface area (Å²) in [6.45, 7) is 0.670. The number of carbonyl (C=O) groups excluding carboxylic acids is 2. The van der Waals surface area contributed by atoms with E-state index in [1.165, 1.54) is 0 Å². The minimum atomic E-state index is -0.805. The molecule has 2 aromatic rings. The number of amides is 2. The van der Waals surface area contributed by atoms with Gasteiger partial charge in [-0.2, -0.15) is 0 Å². The minimum Gasteiger partial charge on any atom is -0.389 e. The number of aryl methyl sites for hydroxylation is 1. The van der Waals surface area contributed by atoms with Crippen molar-refractivity contribution < 1.29 is 19.2 Å². The van der Waals surface area contributed by atoms with Crippen molar-refractivity contribution >= 4 is 23.4 Å². The molecular formula is C18H20ClN3O4. The molecule has 1 saturated heterocycles. The first-order valence-electron chi connectivity index (χ1n) is 8.46. The Morgan fingerprint density at radius 2 is 2.12 bits per heavy atom. The Hall–Kier alpha value is -2.38. The van der Waals surface area contributed by atoms with E-state index in [0.29, 0.717) is 30.7 Å². The van der Waals surface area contributed by atoms with Crippen molar-refractivity contribution in [3.63, 3.8) is 0 Å². The Kier molecular flexibility index (Phi) is 5.90. The number of piperidine rings is 1. The van der Waals surface area contributed by atoms with E-state index >= 15 is 0 Å². The summed E-state index contributed by atoms with van der Waals surface area (Å²) in [5, 5.41) is 17.0. The lowest BCUT2D eigenvalue weighted by atomic mass is 10.0. The molecule has 0 bridgehead atoms. The van der Waals surface area contributed by atoms with Gasteiger partial charge >= 0.3 is 0 Å². The summed E-state index contributed by atoms with van der Waals surface area (Å²) in [4.78, 5) is 26.1. The zero-order valence-corrected chi connectivity index (χ0v) is 14.9. The van der Waals surface area contributed by atoms with Gasteiger partial charge in [0.2, 0.25) is 5.91 Å². The second-order valence-corrected chi connectivity index (χ2v) is 6.65. The molecule has 2 atom stereocenters. The fourth-order valence-electron chi connectivity index (χ4n) is 2.97. The molecule has 138 valence electrons. The van der Waals surface area contributed by atoms with E-state index in [4.69, 9.17) is 16.1 Å². The molecule has 2 N–H and O–H groups in total. The number of likely N-dealkylation sites (tertiary alicyclic amines) is 1. The number of hydrogen-bond acceptors (Lipinski definition) is 5. The SMILES string of the molecule is O=C(CCc1cc(Cl)no1)N[C@@H]1CCN(C(=O)c2ccccc2)C[C@H]1O. The van der Waals surface area contributed by atoms with Gasteiger partial charge in [0.05, 0.1) is 12.1 Å². The highest BCUT2D eigenvalue weighted by Crippen LogP contribution is 2.15. The van der Waals surface area contributed by atoms with Crippen LogP contribution in [0, 0.1) is 0 Å². The molecule has 1 fully saturated rings. The van der Waals surface area contributed by atoms with Crippen molar-refractivity contribution in [1.29, 1.82) is 0 Å². The van der Waals surface area contributed by atoms with E-state index in [1.54, 1.807) is 35.2 Å². The van der Waals surface area contributed by atoms with E-state index < -0.39 is 6.10 Å². The van der Waals surface area contributed by atoms with Crippen LogP contribution >= 0.6 is 11.6 Å². The molecule has 8 heteroatoms. The quantitative estimate of drug-likeness (QED) is 0.826. The standard InChI is InChI=1S/C18H20ClN3O4/c19-16-10-13(26-21-16)6-7-17(24)20-14-8-9-22(11-15(14)23)18(25)12-4-2-1-3-5-12/h1-5,10,14-15,23H,6-9,11H2,(H,20,24)/t14-,15-/m1/s1. The lowest BCUT2D eigenvalue weighted by Crippen LogP contribution is -2.55. The highest BCUT2D eigenvalue weighted by atomic mass is 35.5. The first kappa shape index (κ1) is 18.4. The fraction of sp³-hybridized carbons (Fsp3) is 0.389. The third-order valence-electron chi connectivity index (χ3n) is 4.36. The van der Waals surface area contributed by atoms with Gasteiger partial charge in [-0.25, -0.2) is 0 Å². The van der Waals surface area contributed by atoms with Crippen molar-refractivity contribution in [2.24, 2.45) is 0 Å². The average Bonchev–Trinajstić information content (AvgIpc) is 3.07. The topological polar surface area (TPSA) is 95.7 Å². The van der Waals surface area contributed by atoms with Crippen LogP contribution in [0.5, 0.6) is 0 Å². The lowest BCUT2D eigenvalue weighted by molar-refractivity contribution is -0.123. The van der Waals surface area contributed by atoms with Gasteiger partial charge in [-0.1, -0.05) is 35.0 Å². The van der Waals surface area contributed by atoms with E-state index in [0.717, 1.165) is 0 Å². The molecule has 1 aromatic heterocycles. The van der Waals surface area contributed by atoms with Crippen molar-refractivity contribution in [3.8, 4) is 0 Å². The summed E-state index contributed by atoms with van der Waals surface area (Å²) < 4.78 is 4.95. The van der Waals surface area contributed by atoms with Crippen LogP contribution in [0.3, 0.4) is 0 Å². The second-order valence-electron chi connectivity index (χ2n) is 6.26. The van der Waals surface area contributed by atoms with Crippen molar-refractivity contribution in [1.82, 2.24) is 15.4 Å². The summed E-state index contributed by atoms with van der Waals surface area (Å²) in [5.41, 5.74) is 0.591. The minimum absolute atomic E-state index is 0.114. The molecule has 0 unspecified atom stereocenters. The molecule has 2 amide bonds. The Bertz CT molecular complexity index is 765. The lowest BCUT2D eigenvalue weighted by Gasteiger charge is -2.36. The highest BCUT2D eigenvalue weighted by molar-refractivity contribution is 6.29. The summed E-state index contributed by atoms with van der Waals surface area (Å²) in [5.74, 6) is 0.231. The zero-order valence-electron chi connectivity index (χ0n) is 14.1. The van der Waals surface area contributed by atoms with Gasteiger partial charge in [-0.15, -0.1) is 0 Å². The van der Waals surface area contributed by atoms with Crippen LogP contribution in [0.15, 0.2) is 40.9 Å². The number of nitrogens with one attached hydrogen (secondary N) is 1. The smallest absolute Gasteiger partial charge is 0.253 e. The number of β-amino-alcohol motifs (C(OH)–C–C–N with tert-alkyl or cyclic N) is 1. The largest absolute Gasteiger partial charge is 0.389 e. The van der Waals surface area contributed by atoms with Crippen LogP contribution in [0.1, 0.15) is 29.0 Å². The summed E-state index contributed by atoms with van der Waals surface area (Å²) in [6, 6.07) is 10.1. The number of aromatic nitrogens is 1. The fourth-order valence-corrected chi connectivity index (χ4v) is 3.13. The summed E-state index contributed by atoms with van der Waals surface area (Å²) in [7, 11) is 0. The highest BCUT2D eigenvalue weighted by Gasteiger charge is 2.31. The molecular weight excluding hydrogens is 358 g/mol. The predicted octanol–water partition coefficient (Wildman–Crippen LogP) is 1.65. The Labute approximate surface area is 155 Å². The van der Waals surface area contributed by atoms with Gasteiger partial charge in [0.25, 0.3) is 5.91 Å². The number of aliphatic hydroxyl groups excluding tert-OH is 1. The third-order valence-corrected chi connectivity index (χ3v) is 4.54. The molecule has 3 rings (SSSR count). The third kappa shape index (κ3) is 4.62. The maximum atomic E-state index is 12.4. The van der Waals surface area contributed by atoms with Crippen molar-refractivity contribution in [3.05, 3.63) is 52.9 Å². The molecule has 7 nitrogen and oxygen atoms in total. The summed E-state index contributed by atoms with van der Waals surface area (Å²) in [6.07, 6.45) is 0.286. The average molecular weight is 378 g/mol. The maximum absolute atomic E-state index is 12.4. The molecule has 0 aliphatic carbocycles. The van der Waals surface area contributed by atoms with E-state index in [-0.39, 0.29) is 36.0 Å². The number of rotatable bonds is 5. The molecule has 1 aliphatic heterocycles. The normalized spacial score (nSPS) is 20.0. The Morgan fingerprint density at radius 3 is 2.77 bits per heavy atom. The number of aliphatic hydroxyl groups is 1. The number of halogens is 1. The Balaban J connectivity index is 1.47. The predicted molar refractivity (Wildman–Crippen MR) is 94.7 cm³/mol. The first-order chi connectivity index (χ1) is 12.5. The summed E-state index contributed by atoms with van der Waals surface area (Å²) >= 11 is 5.66. The molecule has 1 aromatic carbocycles. The van der Waals surface area contributed by atoms with Crippen LogP contribution in [0.4, 0.5) is 0 Å². The van der Waals surface area contributed by atoms with Crippen LogP contribution in [0.25, 0.3) is 0 Å². The van der Waals surface area contributed by atoms with Gasteiger partial charge in [0, 0.05) is 37.6 Å². The van der Waals surface area contributed by atoms with Crippen molar-refractivity contribution in [2.45, 2.75) is 31.4 Å². The zero-order chi connectivity index (χ0) is 18.5. The second kappa shape index (κ2) is 8.33. The van der Waals surface area contributed by atoms with Gasteiger partial charge in [0.1, 0.15) is 5.76 Å². The van der Waals surface area contributed by atoms with Gasteiger partial charge < -0.3 is 19.8 Å². The number of carbonyl (C=O) groups is 2. The van der Waals surface area contributed by atoms with Gasteiger partial charge in [-0.3, -0.25) is 9.59 Å². The molecule has 0 saturated carbocycles. The number of benzene rings is 1. The van der Waals surface area contributed by atoms with Crippen LogP contribution in [0.2, 0.25) is 5.15 Å². The van der Waals surface area contributed by atoms with E-state index in [9.17, 15) is 14.7 Å². The van der Waals surface area contributed by atoms with E-state index in [2.05, 4.69) is 10.5 Å². The number of nitrogens with zero attached hydrogens (tertiary/aromatic N) is 2. The van der Waals surface area contributed by atoms with Crippen LogP contribution < -0.4 is 5.32 Å². The monoisotopic (exact) mass is 377 g/mol. The molecule has 1 aliphatic rings. The molecule has 2 heterocycles. The van der Waals surface area contributed by atoms with Crippen molar-refractivity contribution in [2.75, 3.05) is 13.1 Å². The molecule has 0 radical (unpaired) electrons. The molecule has 26 heavy (non-hydrogen) atoms. The van der Waals surface area contributed by atoms with Crippen LogP contribution in [-0.4, -0.2) is 52.2 Å². The maximum Gasteiger partial charge on any atom is 0.253 e. The van der Waals surface area contributed by atoms with Gasteiger partial charge in [0.15, 0.2) is 5.15 Å². The first-order valence-corrected chi connectivity index (χ1v) is 8.83. The van der Waals surface area contributed by atoms with Gasteiger partial charge in [-0.05, 0) is 18.6 Å².